The summed E-state index contributed by atoms with van der Waals surface area (Å²) in [5.74, 6) is -0.481. The van der Waals surface area contributed by atoms with E-state index >= 15 is 0 Å². The predicted molar refractivity (Wildman–Crippen MR) is 89.3 cm³/mol. The van der Waals surface area contributed by atoms with Crippen molar-refractivity contribution in [1.29, 1.82) is 0 Å². The summed E-state index contributed by atoms with van der Waals surface area (Å²) in [7, 11) is 0. The molecule has 25 heavy (non-hydrogen) atoms. The van der Waals surface area contributed by atoms with Gasteiger partial charge in [0.2, 0.25) is 6.29 Å². The second kappa shape index (κ2) is 7.56. The Morgan fingerprint density at radius 1 is 1.24 bits per heavy atom. The summed E-state index contributed by atoms with van der Waals surface area (Å²) in [6, 6.07) is 9.86. The van der Waals surface area contributed by atoms with Gasteiger partial charge in [-0.2, -0.15) is 0 Å². The van der Waals surface area contributed by atoms with Gasteiger partial charge in [-0.15, -0.1) is 0 Å². The molecule has 3 atom stereocenters. The summed E-state index contributed by atoms with van der Waals surface area (Å²) < 4.78 is 28.5. The van der Waals surface area contributed by atoms with E-state index in [1.807, 2.05) is 44.2 Å². The molecule has 0 aromatic heterocycles. The first-order valence-electron chi connectivity index (χ1n) is 8.52. The molecule has 2 aliphatic rings. The van der Waals surface area contributed by atoms with Crippen LogP contribution in [0.25, 0.3) is 0 Å². The zero-order valence-corrected chi connectivity index (χ0v) is 14.8. The molecule has 0 saturated carbocycles. The third-order valence-electron chi connectivity index (χ3n) is 3.97. The lowest BCUT2D eigenvalue weighted by Crippen LogP contribution is -2.31. The second-order valence-electron chi connectivity index (χ2n) is 6.42. The van der Waals surface area contributed by atoms with Gasteiger partial charge in [0.1, 0.15) is 11.9 Å². The fraction of sp³-hybridized carbons (Fsp3) is 0.526. The Kier molecular flexibility index (Phi) is 5.42. The van der Waals surface area contributed by atoms with Crippen LogP contribution in [0.1, 0.15) is 32.8 Å². The molecular weight excluding hydrogens is 324 g/mol. The molecule has 1 aromatic carbocycles. The van der Waals surface area contributed by atoms with E-state index in [0.717, 1.165) is 5.56 Å². The molecule has 0 radical (unpaired) electrons. The molecule has 1 aromatic rings. The van der Waals surface area contributed by atoms with Gasteiger partial charge >= 0.3 is 5.97 Å². The maximum atomic E-state index is 11.6. The van der Waals surface area contributed by atoms with Crippen molar-refractivity contribution in [3.8, 4) is 0 Å². The summed E-state index contributed by atoms with van der Waals surface area (Å²) in [6.07, 6.45) is 0.473. The Labute approximate surface area is 147 Å². The molecule has 0 amide bonds. The van der Waals surface area contributed by atoms with Crippen molar-refractivity contribution in [2.45, 2.75) is 58.1 Å². The van der Waals surface area contributed by atoms with Gasteiger partial charge in [-0.05, 0) is 32.4 Å². The molecule has 2 heterocycles. The third kappa shape index (κ3) is 4.39. The van der Waals surface area contributed by atoms with E-state index in [0.29, 0.717) is 19.0 Å². The van der Waals surface area contributed by atoms with Gasteiger partial charge in [0.25, 0.3) is 0 Å². The van der Waals surface area contributed by atoms with Gasteiger partial charge in [-0.3, -0.25) is 4.79 Å². The largest absolute Gasteiger partial charge is 0.466 e. The van der Waals surface area contributed by atoms with Gasteiger partial charge in [0.15, 0.2) is 11.9 Å². The van der Waals surface area contributed by atoms with Gasteiger partial charge in [-0.25, -0.2) is 0 Å². The van der Waals surface area contributed by atoms with Crippen LogP contribution in [-0.4, -0.2) is 36.9 Å². The van der Waals surface area contributed by atoms with Crippen molar-refractivity contribution in [3.05, 3.63) is 47.7 Å². The van der Waals surface area contributed by atoms with Crippen molar-refractivity contribution in [2.24, 2.45) is 0 Å². The minimum Gasteiger partial charge on any atom is -0.466 e. The van der Waals surface area contributed by atoms with Crippen LogP contribution in [0.2, 0.25) is 0 Å². The van der Waals surface area contributed by atoms with Gasteiger partial charge in [0.05, 0.1) is 19.6 Å². The smallest absolute Gasteiger partial charge is 0.309 e. The van der Waals surface area contributed by atoms with Gasteiger partial charge in [0, 0.05) is 0 Å². The molecular formula is C19H24O6. The lowest BCUT2D eigenvalue weighted by Gasteiger charge is -2.22. The molecule has 2 aliphatic heterocycles. The van der Waals surface area contributed by atoms with E-state index in [9.17, 15) is 4.79 Å². The van der Waals surface area contributed by atoms with E-state index in [4.69, 9.17) is 23.7 Å². The van der Waals surface area contributed by atoms with E-state index in [1.165, 1.54) is 0 Å². The van der Waals surface area contributed by atoms with Crippen LogP contribution < -0.4 is 0 Å². The lowest BCUT2D eigenvalue weighted by molar-refractivity contribution is -0.192. The first-order chi connectivity index (χ1) is 12.0. The Hall–Kier alpha value is -1.89. The zero-order chi connectivity index (χ0) is 17.9. The number of fused-ring (bicyclic) bond motifs is 1. The fourth-order valence-electron chi connectivity index (χ4n) is 2.92. The molecule has 2 saturated heterocycles. The molecule has 0 unspecified atom stereocenters. The van der Waals surface area contributed by atoms with Crippen LogP contribution in [0.5, 0.6) is 0 Å². The standard InChI is InChI=1S/C19H24O6/c1-4-21-15(20)11-10-14-16(22-12-13-8-6-5-7-9-13)17-18(23-14)25-19(2,3)24-17/h5-10,16-18H,4,11-12H2,1-3H3/b14-10+/t16-,17+,18+/m0/s1. The number of esters is 1. The highest BCUT2D eigenvalue weighted by Crippen LogP contribution is 2.40. The maximum absolute atomic E-state index is 11.6. The summed E-state index contributed by atoms with van der Waals surface area (Å²) in [6.45, 7) is 6.22. The monoisotopic (exact) mass is 348 g/mol. The Morgan fingerprint density at radius 3 is 2.72 bits per heavy atom. The first-order valence-corrected chi connectivity index (χ1v) is 8.52. The average Bonchev–Trinajstić information content (AvgIpc) is 3.03. The van der Waals surface area contributed by atoms with Crippen molar-refractivity contribution in [2.75, 3.05) is 6.61 Å². The molecule has 6 heteroatoms. The summed E-state index contributed by atoms with van der Waals surface area (Å²) in [5, 5.41) is 0. The molecule has 6 nitrogen and oxygen atoms in total. The number of carbonyl (C=O) groups excluding carboxylic acids is 1. The third-order valence-corrected chi connectivity index (χ3v) is 3.97. The zero-order valence-electron chi connectivity index (χ0n) is 14.8. The lowest BCUT2D eigenvalue weighted by atomic mass is 10.1. The first kappa shape index (κ1) is 17.9. The molecule has 0 N–H and O–H groups in total. The maximum Gasteiger partial charge on any atom is 0.309 e. The molecule has 136 valence electrons. The van der Waals surface area contributed by atoms with Crippen LogP contribution >= 0.6 is 0 Å². The minimum atomic E-state index is -0.726. The number of benzene rings is 1. The highest BCUT2D eigenvalue weighted by Gasteiger charge is 2.54. The topological polar surface area (TPSA) is 63.2 Å². The quantitative estimate of drug-likeness (QED) is 0.737. The second-order valence-corrected chi connectivity index (χ2v) is 6.42. The Morgan fingerprint density at radius 2 is 2.00 bits per heavy atom. The minimum absolute atomic E-state index is 0.122. The molecule has 0 bridgehead atoms. The van der Waals surface area contributed by atoms with Crippen LogP contribution in [0.15, 0.2) is 42.2 Å². The van der Waals surface area contributed by atoms with Gasteiger partial charge in [-0.1, -0.05) is 30.3 Å². The van der Waals surface area contributed by atoms with Crippen molar-refractivity contribution < 1.29 is 28.5 Å². The molecule has 3 rings (SSSR count). The number of ether oxygens (including phenoxy) is 5. The van der Waals surface area contributed by atoms with E-state index in [2.05, 4.69) is 0 Å². The van der Waals surface area contributed by atoms with Crippen LogP contribution in [-0.2, 0) is 35.1 Å². The SMILES string of the molecule is CCOC(=O)C/C=C1/O[C@@H]2OC(C)(C)O[C@@H]2[C@H]1OCc1ccccc1. The normalized spacial score (nSPS) is 28.6. The summed E-state index contributed by atoms with van der Waals surface area (Å²) in [5.41, 5.74) is 1.05. The van der Waals surface area contributed by atoms with Crippen molar-refractivity contribution in [1.82, 2.24) is 0 Å². The van der Waals surface area contributed by atoms with E-state index in [1.54, 1.807) is 13.0 Å². The Balaban J connectivity index is 1.70. The number of carbonyl (C=O) groups is 1. The molecule has 0 spiro atoms. The van der Waals surface area contributed by atoms with E-state index < -0.39 is 18.2 Å². The van der Waals surface area contributed by atoms with Crippen LogP contribution in [0.3, 0.4) is 0 Å². The molecule has 2 fully saturated rings. The van der Waals surface area contributed by atoms with E-state index in [-0.39, 0.29) is 18.5 Å². The highest BCUT2D eigenvalue weighted by molar-refractivity contribution is 5.71. The average molecular weight is 348 g/mol. The summed E-state index contributed by atoms with van der Waals surface area (Å²) in [4.78, 5) is 11.6. The number of rotatable bonds is 6. The summed E-state index contributed by atoms with van der Waals surface area (Å²) >= 11 is 0. The van der Waals surface area contributed by atoms with Crippen LogP contribution in [0, 0.1) is 0 Å². The van der Waals surface area contributed by atoms with Gasteiger partial charge < -0.3 is 23.7 Å². The van der Waals surface area contributed by atoms with Crippen molar-refractivity contribution >= 4 is 5.97 Å². The fourth-order valence-corrected chi connectivity index (χ4v) is 2.92. The molecule has 0 aliphatic carbocycles. The Bertz CT molecular complexity index is 624. The highest BCUT2D eigenvalue weighted by atomic mass is 16.8. The number of hydrogen-bond acceptors (Lipinski definition) is 6. The van der Waals surface area contributed by atoms with Crippen molar-refractivity contribution in [3.63, 3.8) is 0 Å². The van der Waals surface area contributed by atoms with Crippen LogP contribution in [0.4, 0.5) is 0 Å². The predicted octanol–water partition coefficient (Wildman–Crippen LogP) is 2.92. The number of hydrogen-bond donors (Lipinski definition) is 0.